The van der Waals surface area contributed by atoms with Crippen molar-refractivity contribution < 1.29 is 9.53 Å². The van der Waals surface area contributed by atoms with Crippen LogP contribution < -0.4 is 5.32 Å². The maximum Gasteiger partial charge on any atom is 0.338 e. The summed E-state index contributed by atoms with van der Waals surface area (Å²) in [6, 6.07) is 16.1. The van der Waals surface area contributed by atoms with Crippen LogP contribution in [0, 0.1) is 11.8 Å². The molecule has 0 aliphatic rings. The van der Waals surface area contributed by atoms with Crippen molar-refractivity contribution in [2.75, 3.05) is 18.5 Å². The summed E-state index contributed by atoms with van der Waals surface area (Å²) in [7, 11) is 0. The monoisotopic (exact) mass is 419 g/mol. The van der Waals surface area contributed by atoms with Crippen molar-refractivity contribution in [1.82, 2.24) is 0 Å². The van der Waals surface area contributed by atoms with E-state index in [2.05, 4.69) is 55.3 Å². The highest BCUT2D eigenvalue weighted by Crippen LogP contribution is 2.14. The van der Waals surface area contributed by atoms with Crippen LogP contribution in [0.25, 0.3) is 0 Å². The number of esters is 1. The van der Waals surface area contributed by atoms with Gasteiger partial charge >= 0.3 is 5.97 Å². The van der Waals surface area contributed by atoms with Crippen LogP contribution in [0.5, 0.6) is 0 Å². The van der Waals surface area contributed by atoms with Crippen LogP contribution in [-0.4, -0.2) is 19.1 Å². The third-order valence-electron chi connectivity index (χ3n) is 5.26. The summed E-state index contributed by atoms with van der Waals surface area (Å²) in [5, 5.41) is 3.42. The van der Waals surface area contributed by atoms with Crippen LogP contribution in [0.15, 0.2) is 48.5 Å². The van der Waals surface area contributed by atoms with Gasteiger partial charge in [0.1, 0.15) is 0 Å². The summed E-state index contributed by atoms with van der Waals surface area (Å²) >= 11 is 0. The van der Waals surface area contributed by atoms with Gasteiger partial charge in [-0.05, 0) is 67.6 Å². The van der Waals surface area contributed by atoms with Gasteiger partial charge in [0, 0.05) is 24.2 Å². The highest BCUT2D eigenvalue weighted by atomic mass is 16.5. The molecule has 2 rings (SSSR count). The second kappa shape index (κ2) is 14.3. The van der Waals surface area contributed by atoms with Gasteiger partial charge in [0.25, 0.3) is 0 Å². The molecule has 31 heavy (non-hydrogen) atoms. The number of rotatable bonds is 12. The Bertz CT molecular complexity index is 826. The number of hydrogen-bond donors (Lipinski definition) is 1. The molecule has 1 N–H and O–H groups in total. The summed E-state index contributed by atoms with van der Waals surface area (Å²) < 4.78 is 5.00. The highest BCUT2D eigenvalue weighted by Gasteiger charge is 2.05. The van der Waals surface area contributed by atoms with E-state index in [-0.39, 0.29) is 5.97 Å². The standard InChI is InChI=1S/C28H37NO2/c1-4-31-28(30)26-18-20-27(21-19-26)29-22-12-10-8-6-5-7-9-11-13-24-14-16-25(17-15-24)23(2)3/h14-21,23,29H,4-10,12,22H2,1-3H3. The van der Waals surface area contributed by atoms with Gasteiger partial charge < -0.3 is 10.1 Å². The van der Waals surface area contributed by atoms with E-state index in [1.807, 2.05) is 31.2 Å². The van der Waals surface area contributed by atoms with Crippen LogP contribution >= 0.6 is 0 Å². The average Bonchev–Trinajstić information content (AvgIpc) is 2.78. The van der Waals surface area contributed by atoms with Gasteiger partial charge in [0.05, 0.1) is 12.2 Å². The highest BCUT2D eigenvalue weighted by molar-refractivity contribution is 5.89. The minimum absolute atomic E-state index is 0.264. The molecule has 0 saturated carbocycles. The number of anilines is 1. The first kappa shape index (κ1) is 24.5. The Morgan fingerprint density at radius 3 is 2.19 bits per heavy atom. The predicted octanol–water partition coefficient (Wildman–Crippen LogP) is 7.18. The van der Waals surface area contributed by atoms with Gasteiger partial charge in [-0.2, -0.15) is 0 Å². The average molecular weight is 420 g/mol. The number of carbonyl (C=O) groups is 1. The number of nitrogens with one attached hydrogen (secondary N) is 1. The quantitative estimate of drug-likeness (QED) is 0.225. The minimum Gasteiger partial charge on any atom is -0.462 e. The molecule has 0 spiro atoms. The van der Waals surface area contributed by atoms with Crippen LogP contribution in [0.4, 0.5) is 5.69 Å². The van der Waals surface area contributed by atoms with Crippen molar-refractivity contribution in [3.05, 3.63) is 65.2 Å². The molecule has 166 valence electrons. The van der Waals surface area contributed by atoms with E-state index in [0.29, 0.717) is 18.1 Å². The second-order valence-electron chi connectivity index (χ2n) is 8.17. The number of benzene rings is 2. The molecule has 0 radical (unpaired) electrons. The van der Waals surface area contributed by atoms with Crippen molar-refractivity contribution in [3.63, 3.8) is 0 Å². The molecule has 0 aliphatic carbocycles. The maximum atomic E-state index is 11.6. The Hall–Kier alpha value is -2.73. The lowest BCUT2D eigenvalue weighted by Gasteiger charge is -2.07. The Morgan fingerprint density at radius 1 is 0.903 bits per heavy atom. The molecule has 3 nitrogen and oxygen atoms in total. The fourth-order valence-electron chi connectivity index (χ4n) is 3.33. The van der Waals surface area contributed by atoms with E-state index in [9.17, 15) is 4.79 Å². The zero-order chi connectivity index (χ0) is 22.3. The van der Waals surface area contributed by atoms with Gasteiger partial charge in [-0.1, -0.05) is 63.5 Å². The first-order valence-corrected chi connectivity index (χ1v) is 11.7. The summed E-state index contributed by atoms with van der Waals surface area (Å²) in [5.74, 6) is 6.89. The fourth-order valence-corrected chi connectivity index (χ4v) is 3.33. The number of ether oxygens (including phenoxy) is 1. The lowest BCUT2D eigenvalue weighted by molar-refractivity contribution is 0.0526. The SMILES string of the molecule is CCOC(=O)c1ccc(NCCCCCCCCC#Cc2ccc(C(C)C)cc2)cc1. The topological polar surface area (TPSA) is 38.3 Å². The molecule has 0 saturated heterocycles. The normalized spacial score (nSPS) is 10.5. The number of hydrogen-bond acceptors (Lipinski definition) is 3. The van der Waals surface area contributed by atoms with Crippen LogP contribution in [0.2, 0.25) is 0 Å². The van der Waals surface area contributed by atoms with Gasteiger partial charge in [0.15, 0.2) is 0 Å². The van der Waals surface area contributed by atoms with E-state index in [1.165, 1.54) is 37.7 Å². The third-order valence-corrected chi connectivity index (χ3v) is 5.26. The van der Waals surface area contributed by atoms with Gasteiger partial charge in [-0.25, -0.2) is 4.79 Å². The molecule has 0 unspecified atom stereocenters. The van der Waals surface area contributed by atoms with Gasteiger partial charge in [0.2, 0.25) is 0 Å². The molecule has 2 aromatic carbocycles. The molecule has 0 bridgehead atoms. The molecule has 0 aromatic heterocycles. The zero-order valence-electron chi connectivity index (χ0n) is 19.4. The first-order valence-electron chi connectivity index (χ1n) is 11.7. The fraction of sp³-hybridized carbons (Fsp3) is 0.464. The maximum absolute atomic E-state index is 11.6. The largest absolute Gasteiger partial charge is 0.462 e. The van der Waals surface area contributed by atoms with Crippen molar-refractivity contribution in [1.29, 1.82) is 0 Å². The van der Waals surface area contributed by atoms with E-state index >= 15 is 0 Å². The van der Waals surface area contributed by atoms with Crippen LogP contribution in [0.1, 0.15) is 93.1 Å². The lowest BCUT2D eigenvalue weighted by atomic mass is 10.0. The van der Waals surface area contributed by atoms with Crippen molar-refractivity contribution in [2.24, 2.45) is 0 Å². The van der Waals surface area contributed by atoms with E-state index in [4.69, 9.17) is 4.74 Å². The van der Waals surface area contributed by atoms with Gasteiger partial charge in [-0.3, -0.25) is 0 Å². The van der Waals surface area contributed by atoms with Crippen LogP contribution in [0.3, 0.4) is 0 Å². The molecule has 2 aromatic rings. The Balaban J connectivity index is 1.48. The van der Waals surface area contributed by atoms with Crippen molar-refractivity contribution >= 4 is 11.7 Å². The lowest BCUT2D eigenvalue weighted by Crippen LogP contribution is -2.05. The second-order valence-corrected chi connectivity index (χ2v) is 8.17. The summed E-state index contributed by atoms with van der Waals surface area (Å²) in [5.41, 5.74) is 4.13. The van der Waals surface area contributed by atoms with E-state index < -0.39 is 0 Å². The first-order chi connectivity index (χ1) is 15.1. The predicted molar refractivity (Wildman–Crippen MR) is 131 cm³/mol. The van der Waals surface area contributed by atoms with Crippen molar-refractivity contribution in [2.45, 2.75) is 71.6 Å². The molecular formula is C28H37NO2. The minimum atomic E-state index is -0.264. The summed E-state index contributed by atoms with van der Waals surface area (Å²) in [6.45, 7) is 7.60. The molecule has 0 aliphatic heterocycles. The Morgan fingerprint density at radius 2 is 1.55 bits per heavy atom. The smallest absolute Gasteiger partial charge is 0.338 e. The molecule has 0 amide bonds. The Kier molecular flexibility index (Phi) is 11.3. The van der Waals surface area contributed by atoms with Crippen LogP contribution in [-0.2, 0) is 4.74 Å². The Labute approximate surface area is 188 Å². The number of carbonyl (C=O) groups excluding carboxylic acids is 1. The third kappa shape index (κ3) is 9.75. The molecular weight excluding hydrogens is 382 g/mol. The molecule has 0 heterocycles. The molecule has 0 atom stereocenters. The van der Waals surface area contributed by atoms with Gasteiger partial charge in [-0.15, -0.1) is 0 Å². The van der Waals surface area contributed by atoms with Crippen molar-refractivity contribution in [3.8, 4) is 11.8 Å². The van der Waals surface area contributed by atoms with E-state index in [0.717, 1.165) is 30.6 Å². The molecule has 0 fully saturated rings. The zero-order valence-corrected chi connectivity index (χ0v) is 19.4. The number of unbranched alkanes of at least 4 members (excludes halogenated alkanes) is 6. The molecule has 3 heteroatoms. The van der Waals surface area contributed by atoms with E-state index in [1.54, 1.807) is 0 Å². The summed E-state index contributed by atoms with van der Waals surface area (Å²) in [4.78, 5) is 11.6. The summed E-state index contributed by atoms with van der Waals surface area (Å²) in [6.07, 6.45) is 8.36.